The largest absolute Gasteiger partial charge is 0.399 e. The molecule has 4 nitrogen and oxygen atoms in total. The van der Waals surface area contributed by atoms with Crippen molar-refractivity contribution >= 4 is 22.5 Å². The van der Waals surface area contributed by atoms with Crippen LogP contribution in [-0.4, -0.2) is 50.1 Å². The standard InChI is InChI=1S/2C14H19FN2/c2*1-17(2)14-5-3-10(4-6-14)11-7-12(15)9-13(16)8-11/h2*3,7-9,14H,4-6,16H2,1-2H3. The lowest BCUT2D eigenvalue weighted by atomic mass is 9.90. The van der Waals surface area contributed by atoms with Crippen molar-refractivity contribution in [3.63, 3.8) is 0 Å². The SMILES string of the molecule is CN(C)C1CC=C(c2cc(N)cc(F)c2)CC1.CN(C)C1CC=C(c2cc(N)cc(F)c2)CC1. The summed E-state index contributed by atoms with van der Waals surface area (Å²) in [5.74, 6) is -0.508. The van der Waals surface area contributed by atoms with Gasteiger partial charge in [-0.25, -0.2) is 8.78 Å². The van der Waals surface area contributed by atoms with E-state index in [1.165, 1.54) is 23.3 Å². The molecule has 2 aromatic carbocycles. The Morgan fingerprint density at radius 3 is 1.29 bits per heavy atom. The number of halogens is 2. The van der Waals surface area contributed by atoms with Gasteiger partial charge in [0, 0.05) is 23.5 Å². The fourth-order valence-electron chi connectivity index (χ4n) is 4.70. The van der Waals surface area contributed by atoms with Gasteiger partial charge in [0.05, 0.1) is 0 Å². The molecule has 2 aromatic rings. The van der Waals surface area contributed by atoms with E-state index >= 15 is 0 Å². The molecule has 4 N–H and O–H groups in total. The lowest BCUT2D eigenvalue weighted by molar-refractivity contribution is 0.277. The number of allylic oxidation sites excluding steroid dienone is 2. The fourth-order valence-corrected chi connectivity index (χ4v) is 4.70. The number of benzene rings is 2. The smallest absolute Gasteiger partial charge is 0.125 e. The predicted octanol–water partition coefficient (Wildman–Crippen LogP) is 5.81. The van der Waals surface area contributed by atoms with Crippen molar-refractivity contribution in [1.82, 2.24) is 9.80 Å². The van der Waals surface area contributed by atoms with Crippen molar-refractivity contribution in [2.24, 2.45) is 0 Å². The second-order valence-corrected chi connectivity index (χ2v) is 9.79. The Bertz CT molecular complexity index is 919. The molecule has 0 aliphatic heterocycles. The number of rotatable bonds is 4. The van der Waals surface area contributed by atoms with Gasteiger partial charge in [-0.15, -0.1) is 0 Å². The molecule has 2 unspecified atom stereocenters. The summed E-state index contributed by atoms with van der Waals surface area (Å²) in [5.41, 5.74) is 16.6. The summed E-state index contributed by atoms with van der Waals surface area (Å²) in [6.45, 7) is 0. The van der Waals surface area contributed by atoms with E-state index < -0.39 is 0 Å². The lowest BCUT2D eigenvalue weighted by Crippen LogP contribution is -2.28. The normalized spacial score (nSPS) is 20.5. The van der Waals surface area contributed by atoms with Crippen LogP contribution >= 0.6 is 0 Å². The molecule has 0 spiro atoms. The fraction of sp³-hybridized carbons (Fsp3) is 0.429. The first kappa shape index (κ1) is 25.9. The Kier molecular flexibility index (Phi) is 8.86. The molecule has 4 rings (SSSR count). The van der Waals surface area contributed by atoms with E-state index in [4.69, 9.17) is 11.5 Å². The summed E-state index contributed by atoms with van der Waals surface area (Å²) in [5, 5.41) is 0. The van der Waals surface area contributed by atoms with Crippen LogP contribution in [-0.2, 0) is 0 Å². The van der Waals surface area contributed by atoms with Gasteiger partial charge in [0.1, 0.15) is 11.6 Å². The Labute approximate surface area is 202 Å². The Morgan fingerprint density at radius 1 is 0.647 bits per heavy atom. The number of nitrogens with two attached hydrogens (primary N) is 2. The zero-order chi connectivity index (χ0) is 24.8. The quantitative estimate of drug-likeness (QED) is 0.556. The minimum absolute atomic E-state index is 0.254. The van der Waals surface area contributed by atoms with Crippen molar-refractivity contribution in [2.75, 3.05) is 39.7 Å². The van der Waals surface area contributed by atoms with Crippen LogP contribution in [0.3, 0.4) is 0 Å². The van der Waals surface area contributed by atoms with Crippen molar-refractivity contribution < 1.29 is 8.78 Å². The maximum absolute atomic E-state index is 13.3. The molecule has 0 fully saturated rings. The molecule has 0 heterocycles. The number of anilines is 2. The molecule has 0 amide bonds. The number of nitrogens with zero attached hydrogens (tertiary/aromatic N) is 2. The zero-order valence-corrected chi connectivity index (χ0v) is 20.8. The molecule has 2 atom stereocenters. The molecule has 34 heavy (non-hydrogen) atoms. The van der Waals surface area contributed by atoms with E-state index in [-0.39, 0.29) is 11.6 Å². The van der Waals surface area contributed by atoms with Gasteiger partial charge in [0.15, 0.2) is 0 Å². The van der Waals surface area contributed by atoms with Crippen LogP contribution in [0.25, 0.3) is 11.1 Å². The molecule has 0 aromatic heterocycles. The van der Waals surface area contributed by atoms with Gasteiger partial charge in [-0.1, -0.05) is 12.2 Å². The number of hydrogen-bond acceptors (Lipinski definition) is 4. The van der Waals surface area contributed by atoms with Crippen LogP contribution in [0.4, 0.5) is 20.2 Å². The van der Waals surface area contributed by atoms with Crippen LogP contribution in [0.5, 0.6) is 0 Å². The van der Waals surface area contributed by atoms with E-state index in [1.807, 2.05) is 12.1 Å². The zero-order valence-electron chi connectivity index (χ0n) is 20.8. The lowest BCUT2D eigenvalue weighted by Gasteiger charge is -2.27. The molecule has 2 aliphatic rings. The van der Waals surface area contributed by atoms with Gasteiger partial charge in [0.25, 0.3) is 0 Å². The van der Waals surface area contributed by atoms with E-state index in [1.54, 1.807) is 12.1 Å². The molecular formula is C28H38F2N4. The average Bonchev–Trinajstić information content (AvgIpc) is 2.78. The van der Waals surface area contributed by atoms with Gasteiger partial charge in [-0.2, -0.15) is 0 Å². The minimum Gasteiger partial charge on any atom is -0.399 e. The highest BCUT2D eigenvalue weighted by molar-refractivity contribution is 5.70. The summed E-state index contributed by atoms with van der Waals surface area (Å²) in [4.78, 5) is 4.49. The van der Waals surface area contributed by atoms with Crippen molar-refractivity contribution in [1.29, 1.82) is 0 Å². The van der Waals surface area contributed by atoms with Crippen LogP contribution in [0, 0.1) is 11.6 Å². The number of hydrogen-bond donors (Lipinski definition) is 2. The molecule has 0 bridgehead atoms. The average molecular weight is 469 g/mol. The van der Waals surface area contributed by atoms with E-state index in [9.17, 15) is 8.78 Å². The first-order valence-electron chi connectivity index (χ1n) is 12.0. The van der Waals surface area contributed by atoms with Gasteiger partial charge in [0.2, 0.25) is 0 Å². The van der Waals surface area contributed by atoms with E-state index in [2.05, 4.69) is 50.1 Å². The summed E-state index contributed by atoms with van der Waals surface area (Å²) >= 11 is 0. The molecule has 0 radical (unpaired) electrons. The molecule has 0 saturated carbocycles. The Hall–Kier alpha value is -2.70. The van der Waals surface area contributed by atoms with Crippen LogP contribution in [0.15, 0.2) is 48.6 Å². The molecule has 184 valence electrons. The predicted molar refractivity (Wildman–Crippen MR) is 140 cm³/mol. The maximum Gasteiger partial charge on any atom is 0.125 e. The minimum atomic E-state index is -0.254. The third-order valence-corrected chi connectivity index (χ3v) is 6.81. The Balaban J connectivity index is 0.000000191. The van der Waals surface area contributed by atoms with Gasteiger partial charge < -0.3 is 21.3 Å². The molecule has 2 aliphatic carbocycles. The topological polar surface area (TPSA) is 58.5 Å². The summed E-state index contributed by atoms with van der Waals surface area (Å²) in [6, 6.07) is 10.8. The molecular weight excluding hydrogens is 430 g/mol. The van der Waals surface area contributed by atoms with Crippen LogP contribution < -0.4 is 11.5 Å². The van der Waals surface area contributed by atoms with Gasteiger partial charge in [-0.05, 0) is 125 Å². The summed E-state index contributed by atoms with van der Waals surface area (Å²) in [7, 11) is 8.40. The third-order valence-electron chi connectivity index (χ3n) is 6.81. The van der Waals surface area contributed by atoms with E-state index in [0.717, 1.165) is 49.7 Å². The highest BCUT2D eigenvalue weighted by Gasteiger charge is 2.18. The maximum atomic E-state index is 13.3. The van der Waals surface area contributed by atoms with Crippen LogP contribution in [0.1, 0.15) is 49.7 Å². The second kappa shape index (κ2) is 11.6. The van der Waals surface area contributed by atoms with Crippen LogP contribution in [0.2, 0.25) is 0 Å². The monoisotopic (exact) mass is 468 g/mol. The van der Waals surface area contributed by atoms with Crippen molar-refractivity contribution in [3.05, 3.63) is 71.3 Å². The first-order chi connectivity index (χ1) is 16.1. The van der Waals surface area contributed by atoms with Crippen molar-refractivity contribution in [2.45, 2.75) is 50.6 Å². The highest BCUT2D eigenvalue weighted by Crippen LogP contribution is 2.31. The van der Waals surface area contributed by atoms with E-state index in [0.29, 0.717) is 23.5 Å². The second-order valence-electron chi connectivity index (χ2n) is 9.79. The van der Waals surface area contributed by atoms with Crippen molar-refractivity contribution in [3.8, 4) is 0 Å². The van der Waals surface area contributed by atoms with Gasteiger partial charge >= 0.3 is 0 Å². The first-order valence-corrected chi connectivity index (χ1v) is 12.0. The molecule has 6 heteroatoms. The number of nitrogen functional groups attached to an aromatic ring is 2. The Morgan fingerprint density at radius 2 is 1.03 bits per heavy atom. The summed E-state index contributed by atoms with van der Waals surface area (Å²) < 4.78 is 26.5. The summed E-state index contributed by atoms with van der Waals surface area (Å²) in [6.07, 6.45) is 10.7. The highest BCUT2D eigenvalue weighted by atomic mass is 19.1. The third kappa shape index (κ3) is 7.15. The van der Waals surface area contributed by atoms with Gasteiger partial charge in [-0.3, -0.25) is 0 Å². The molecule has 0 saturated heterocycles.